The van der Waals surface area contributed by atoms with Gasteiger partial charge in [-0.1, -0.05) is 29.8 Å². The number of amides is 3. The maximum absolute atomic E-state index is 12.5. The minimum atomic E-state index is -0.688. The van der Waals surface area contributed by atoms with Crippen molar-refractivity contribution in [2.24, 2.45) is 5.73 Å². The summed E-state index contributed by atoms with van der Waals surface area (Å²) in [6.07, 6.45) is 1.33. The highest BCUT2D eigenvalue weighted by atomic mass is 35.5. The number of carbonyl (C=O) groups is 3. The zero-order valence-electron chi connectivity index (χ0n) is 15.9. The van der Waals surface area contributed by atoms with Gasteiger partial charge < -0.3 is 20.9 Å². The summed E-state index contributed by atoms with van der Waals surface area (Å²) in [4.78, 5) is 41.4. The number of piperazine rings is 1. The van der Waals surface area contributed by atoms with Crippen molar-refractivity contribution in [1.82, 2.24) is 14.7 Å². The lowest BCUT2D eigenvalue weighted by Gasteiger charge is -2.47. The number of hydrogen-bond acceptors (Lipinski definition) is 5. The lowest BCUT2D eigenvalue weighted by Crippen LogP contribution is -2.64. The Labute approximate surface area is 179 Å². The molecule has 0 atom stereocenters. The van der Waals surface area contributed by atoms with Gasteiger partial charge in [0.05, 0.1) is 22.2 Å². The van der Waals surface area contributed by atoms with Crippen LogP contribution >= 0.6 is 23.2 Å². The summed E-state index contributed by atoms with van der Waals surface area (Å²) in [7, 11) is 0. The molecule has 1 aromatic carbocycles. The van der Waals surface area contributed by atoms with Gasteiger partial charge in [0.25, 0.3) is 0 Å². The number of nitrogens with one attached hydrogen (secondary N) is 1. The van der Waals surface area contributed by atoms with Gasteiger partial charge in [0, 0.05) is 51.0 Å². The van der Waals surface area contributed by atoms with Crippen LogP contribution < -0.4 is 11.1 Å². The zero-order chi connectivity index (χ0) is 21.1. The van der Waals surface area contributed by atoms with Crippen LogP contribution in [-0.2, 0) is 9.59 Å². The number of anilines is 1. The average molecular weight is 440 g/mol. The highest BCUT2D eigenvalue weighted by Gasteiger charge is 2.35. The van der Waals surface area contributed by atoms with Crippen LogP contribution in [-0.4, -0.2) is 84.3 Å². The number of benzene rings is 1. The van der Waals surface area contributed by atoms with E-state index in [2.05, 4.69) is 16.8 Å². The topological polar surface area (TPSA) is 99.0 Å². The number of primary amides is 1. The van der Waals surface area contributed by atoms with E-state index in [4.69, 9.17) is 28.9 Å². The Balaban J connectivity index is 1.47. The Bertz CT molecular complexity index is 833. The predicted octanol–water partition coefficient (Wildman–Crippen LogP) is 1.05. The van der Waals surface area contributed by atoms with Crippen LogP contribution in [0.5, 0.6) is 0 Å². The molecule has 29 heavy (non-hydrogen) atoms. The first-order valence-corrected chi connectivity index (χ1v) is 10.0. The zero-order valence-corrected chi connectivity index (χ0v) is 17.4. The fourth-order valence-corrected chi connectivity index (χ4v) is 3.91. The van der Waals surface area contributed by atoms with Gasteiger partial charge in [-0.2, -0.15) is 0 Å². The Morgan fingerprint density at radius 3 is 2.38 bits per heavy atom. The van der Waals surface area contributed by atoms with Crippen LogP contribution in [0.15, 0.2) is 24.8 Å². The van der Waals surface area contributed by atoms with Crippen molar-refractivity contribution < 1.29 is 14.4 Å². The third-order valence-corrected chi connectivity index (χ3v) is 6.07. The van der Waals surface area contributed by atoms with E-state index in [1.165, 1.54) is 12.1 Å². The van der Waals surface area contributed by atoms with E-state index in [0.29, 0.717) is 37.9 Å². The van der Waals surface area contributed by atoms with Crippen LogP contribution in [0.1, 0.15) is 10.4 Å². The van der Waals surface area contributed by atoms with Gasteiger partial charge in [-0.25, -0.2) is 0 Å². The summed E-state index contributed by atoms with van der Waals surface area (Å²) < 4.78 is 0. The number of rotatable bonds is 6. The van der Waals surface area contributed by atoms with E-state index >= 15 is 0 Å². The highest BCUT2D eigenvalue weighted by Crippen LogP contribution is 2.29. The van der Waals surface area contributed by atoms with Crippen LogP contribution in [0, 0.1) is 0 Å². The molecular formula is C19H23Cl2N5O3. The fraction of sp³-hybridized carbons (Fsp3) is 0.421. The SMILES string of the molecule is C=CC(=O)N1CC(N2CCN(C(=O)CNc3cc(Cl)c(Cl)c(C(N)=O)c3)CC2)C1. The van der Waals surface area contributed by atoms with Gasteiger partial charge in [0.2, 0.25) is 17.7 Å². The van der Waals surface area contributed by atoms with E-state index in [1.807, 2.05) is 0 Å². The summed E-state index contributed by atoms with van der Waals surface area (Å²) in [6.45, 7) is 7.78. The van der Waals surface area contributed by atoms with E-state index in [0.717, 1.165) is 13.1 Å². The van der Waals surface area contributed by atoms with Gasteiger partial charge >= 0.3 is 0 Å². The molecule has 1 aromatic rings. The molecule has 3 amide bonds. The first-order chi connectivity index (χ1) is 13.8. The van der Waals surface area contributed by atoms with Crippen molar-refractivity contribution in [2.75, 3.05) is 51.1 Å². The van der Waals surface area contributed by atoms with Crippen LogP contribution in [0.3, 0.4) is 0 Å². The van der Waals surface area contributed by atoms with E-state index in [9.17, 15) is 14.4 Å². The Hall–Kier alpha value is -2.29. The standard InChI is InChI=1S/C19H23Cl2N5O3/c1-2-16(27)26-10-13(11-26)24-3-5-25(6-4-24)17(28)9-23-12-7-14(19(22)29)18(21)15(20)8-12/h2,7-8,13,23H,1,3-6,9-11H2,(H2,22,29). The molecule has 2 aliphatic heterocycles. The molecule has 0 aliphatic carbocycles. The molecule has 2 aliphatic rings. The van der Waals surface area contributed by atoms with Crippen molar-refractivity contribution in [3.8, 4) is 0 Å². The molecule has 0 radical (unpaired) electrons. The molecule has 10 heteroatoms. The second kappa shape index (κ2) is 9.02. The number of nitrogens with zero attached hydrogens (tertiary/aromatic N) is 3. The van der Waals surface area contributed by atoms with Crippen LogP contribution in [0.25, 0.3) is 0 Å². The Morgan fingerprint density at radius 2 is 1.79 bits per heavy atom. The predicted molar refractivity (Wildman–Crippen MR) is 112 cm³/mol. The third-order valence-electron chi connectivity index (χ3n) is 5.27. The normalized spacial score (nSPS) is 17.6. The molecule has 8 nitrogen and oxygen atoms in total. The molecule has 0 unspecified atom stereocenters. The molecule has 3 N–H and O–H groups in total. The highest BCUT2D eigenvalue weighted by molar-refractivity contribution is 6.44. The van der Waals surface area contributed by atoms with E-state index in [1.54, 1.807) is 15.9 Å². The second-order valence-corrected chi connectivity index (χ2v) is 7.84. The van der Waals surface area contributed by atoms with Crippen molar-refractivity contribution in [3.63, 3.8) is 0 Å². The number of carbonyl (C=O) groups excluding carboxylic acids is 3. The summed E-state index contributed by atoms with van der Waals surface area (Å²) >= 11 is 12.0. The molecule has 3 rings (SSSR count). The first kappa shape index (κ1) is 21.4. The third kappa shape index (κ3) is 4.83. The smallest absolute Gasteiger partial charge is 0.250 e. The fourth-order valence-electron chi connectivity index (χ4n) is 3.49. The van der Waals surface area contributed by atoms with E-state index < -0.39 is 5.91 Å². The van der Waals surface area contributed by atoms with Crippen molar-refractivity contribution in [2.45, 2.75) is 6.04 Å². The van der Waals surface area contributed by atoms with Crippen LogP contribution in [0.2, 0.25) is 10.0 Å². The van der Waals surface area contributed by atoms with Gasteiger partial charge in [-0.3, -0.25) is 19.3 Å². The molecule has 0 saturated carbocycles. The first-order valence-electron chi connectivity index (χ1n) is 9.26. The molecule has 0 bridgehead atoms. The molecule has 0 aromatic heterocycles. The maximum Gasteiger partial charge on any atom is 0.250 e. The van der Waals surface area contributed by atoms with Crippen molar-refractivity contribution >= 4 is 46.6 Å². The Kier molecular flexibility index (Phi) is 6.66. The summed E-state index contributed by atoms with van der Waals surface area (Å²) in [5.74, 6) is -0.774. The molecular weight excluding hydrogens is 417 g/mol. The maximum atomic E-state index is 12.5. The molecule has 2 fully saturated rings. The van der Waals surface area contributed by atoms with Gasteiger partial charge in [0.1, 0.15) is 0 Å². The van der Waals surface area contributed by atoms with Crippen LogP contribution in [0.4, 0.5) is 5.69 Å². The minimum Gasteiger partial charge on any atom is -0.376 e. The van der Waals surface area contributed by atoms with Gasteiger partial charge in [0.15, 0.2) is 0 Å². The second-order valence-electron chi connectivity index (χ2n) is 7.06. The molecule has 0 spiro atoms. The molecule has 2 heterocycles. The summed E-state index contributed by atoms with van der Waals surface area (Å²) in [6, 6.07) is 3.38. The minimum absolute atomic E-state index is 0.0390. The molecule has 2 saturated heterocycles. The number of nitrogens with two attached hydrogens (primary N) is 1. The van der Waals surface area contributed by atoms with Crippen molar-refractivity contribution in [1.29, 1.82) is 0 Å². The van der Waals surface area contributed by atoms with E-state index in [-0.39, 0.29) is 34.0 Å². The number of halogens is 2. The molecule has 156 valence electrons. The number of likely N-dealkylation sites (tertiary alicyclic amines) is 1. The lowest BCUT2D eigenvalue weighted by atomic mass is 10.1. The monoisotopic (exact) mass is 439 g/mol. The lowest BCUT2D eigenvalue weighted by molar-refractivity contribution is -0.135. The van der Waals surface area contributed by atoms with Gasteiger partial charge in [-0.05, 0) is 18.2 Å². The quantitative estimate of drug-likeness (QED) is 0.645. The average Bonchev–Trinajstić information content (AvgIpc) is 2.67. The summed E-state index contributed by atoms with van der Waals surface area (Å²) in [5, 5.41) is 3.26. The Morgan fingerprint density at radius 1 is 1.14 bits per heavy atom. The largest absolute Gasteiger partial charge is 0.376 e. The summed E-state index contributed by atoms with van der Waals surface area (Å²) in [5.41, 5.74) is 5.90. The number of hydrogen-bond donors (Lipinski definition) is 2. The van der Waals surface area contributed by atoms with Gasteiger partial charge in [-0.15, -0.1) is 0 Å². The van der Waals surface area contributed by atoms with Crippen molar-refractivity contribution in [3.05, 3.63) is 40.4 Å².